The maximum atomic E-state index is 13.2. The van der Waals surface area contributed by atoms with Crippen molar-refractivity contribution in [3.05, 3.63) is 52.8 Å². The highest BCUT2D eigenvalue weighted by molar-refractivity contribution is 7.92. The maximum Gasteiger partial charge on any atom is 0.229 e. The van der Waals surface area contributed by atoms with Crippen LogP contribution >= 0.6 is 0 Å². The smallest absolute Gasteiger partial charge is 0.229 e. The zero-order valence-electron chi connectivity index (χ0n) is 14.8. The minimum Gasteiger partial charge on any atom is -0.378 e. The lowest BCUT2D eigenvalue weighted by Gasteiger charge is -2.28. The van der Waals surface area contributed by atoms with Crippen LogP contribution in [0.4, 0.5) is 11.4 Å². The van der Waals surface area contributed by atoms with E-state index in [1.54, 1.807) is 24.4 Å². The van der Waals surface area contributed by atoms with E-state index in [1.807, 2.05) is 18.2 Å². The van der Waals surface area contributed by atoms with Gasteiger partial charge in [-0.25, -0.2) is 8.42 Å². The first-order valence-electron chi connectivity index (χ1n) is 8.58. The van der Waals surface area contributed by atoms with Crippen molar-refractivity contribution in [3.63, 3.8) is 0 Å². The summed E-state index contributed by atoms with van der Waals surface area (Å²) in [4.78, 5) is 19.8. The van der Waals surface area contributed by atoms with Crippen molar-refractivity contribution in [1.29, 1.82) is 0 Å². The largest absolute Gasteiger partial charge is 0.378 e. The summed E-state index contributed by atoms with van der Waals surface area (Å²) in [5.41, 5.74) is 1.67. The van der Waals surface area contributed by atoms with Crippen molar-refractivity contribution in [3.8, 4) is 0 Å². The van der Waals surface area contributed by atoms with Crippen molar-refractivity contribution in [2.75, 3.05) is 42.2 Å². The molecule has 3 aromatic rings. The van der Waals surface area contributed by atoms with Crippen molar-refractivity contribution >= 4 is 43.1 Å². The molecule has 0 saturated carbocycles. The Balaban J connectivity index is 1.90. The highest BCUT2D eigenvalue weighted by atomic mass is 32.2. The van der Waals surface area contributed by atoms with Crippen LogP contribution in [0.3, 0.4) is 0 Å². The average molecular weight is 385 g/mol. The minimum atomic E-state index is -3.42. The Kier molecular flexibility index (Phi) is 4.45. The second-order valence-corrected chi connectivity index (χ2v) is 8.31. The monoisotopic (exact) mass is 385 g/mol. The molecule has 0 amide bonds. The SMILES string of the molecule is CS(=O)(=O)Nc1ccc2ccc3ncc(N4CCOCC4)cc3c(=O)c2c1. The van der Waals surface area contributed by atoms with E-state index in [2.05, 4.69) is 14.6 Å². The molecule has 1 N–H and O–H groups in total. The number of hydrogen-bond acceptors (Lipinski definition) is 6. The number of anilines is 2. The molecule has 2 heterocycles. The van der Waals surface area contributed by atoms with Gasteiger partial charge in [-0.2, -0.15) is 0 Å². The highest BCUT2D eigenvalue weighted by Crippen LogP contribution is 2.22. The van der Waals surface area contributed by atoms with Gasteiger partial charge in [0, 0.05) is 24.2 Å². The Morgan fingerprint density at radius 2 is 1.81 bits per heavy atom. The summed E-state index contributed by atoms with van der Waals surface area (Å²) in [5, 5.41) is 1.68. The van der Waals surface area contributed by atoms with E-state index in [1.165, 1.54) is 0 Å². The summed E-state index contributed by atoms with van der Waals surface area (Å²) in [5.74, 6) is 0. The third-order valence-corrected chi connectivity index (χ3v) is 5.15. The fourth-order valence-corrected chi connectivity index (χ4v) is 3.82. The van der Waals surface area contributed by atoms with Gasteiger partial charge in [-0.05, 0) is 29.7 Å². The zero-order chi connectivity index (χ0) is 19.0. The number of aromatic nitrogens is 1. The number of sulfonamides is 1. The first-order chi connectivity index (χ1) is 12.9. The van der Waals surface area contributed by atoms with E-state index < -0.39 is 10.0 Å². The van der Waals surface area contributed by atoms with Crippen LogP contribution in [0, 0.1) is 0 Å². The summed E-state index contributed by atoms with van der Waals surface area (Å²) >= 11 is 0. The fraction of sp³-hybridized carbons (Fsp3) is 0.263. The summed E-state index contributed by atoms with van der Waals surface area (Å²) in [6, 6.07) is 10.4. The number of nitrogens with zero attached hydrogens (tertiary/aromatic N) is 2. The van der Waals surface area contributed by atoms with Gasteiger partial charge < -0.3 is 9.64 Å². The predicted octanol–water partition coefficient (Wildman–Crippen LogP) is 1.96. The Labute approximate surface area is 156 Å². The summed E-state index contributed by atoms with van der Waals surface area (Å²) < 4.78 is 30.8. The number of benzene rings is 1. The number of rotatable bonds is 3. The van der Waals surface area contributed by atoms with Crippen LogP contribution in [0.1, 0.15) is 0 Å². The molecule has 0 radical (unpaired) electrons. The van der Waals surface area contributed by atoms with Gasteiger partial charge in [0.2, 0.25) is 10.0 Å². The molecule has 1 aliphatic heterocycles. The van der Waals surface area contributed by atoms with Crippen LogP contribution < -0.4 is 15.1 Å². The van der Waals surface area contributed by atoms with E-state index >= 15 is 0 Å². The van der Waals surface area contributed by atoms with Gasteiger partial charge in [0.25, 0.3) is 0 Å². The summed E-state index contributed by atoms with van der Waals surface area (Å²) in [6.45, 7) is 2.80. The Bertz CT molecular complexity index is 1190. The van der Waals surface area contributed by atoms with Crippen LogP contribution in [-0.2, 0) is 14.8 Å². The normalized spacial score (nSPS) is 15.2. The van der Waals surface area contributed by atoms with Crippen LogP contribution in [0.5, 0.6) is 0 Å². The Morgan fingerprint density at radius 3 is 2.56 bits per heavy atom. The van der Waals surface area contributed by atoms with E-state index in [0.29, 0.717) is 35.2 Å². The lowest BCUT2D eigenvalue weighted by Crippen LogP contribution is -2.36. The van der Waals surface area contributed by atoms with Gasteiger partial charge in [0.1, 0.15) is 0 Å². The van der Waals surface area contributed by atoms with Gasteiger partial charge in [-0.3, -0.25) is 14.5 Å². The molecule has 7 nitrogen and oxygen atoms in total. The third-order valence-electron chi connectivity index (χ3n) is 4.55. The molecular formula is C19H19N3O4S. The third kappa shape index (κ3) is 3.72. The van der Waals surface area contributed by atoms with Gasteiger partial charge in [-0.1, -0.05) is 12.1 Å². The molecular weight excluding hydrogens is 366 g/mol. The van der Waals surface area contributed by atoms with Crippen molar-refractivity contribution in [2.24, 2.45) is 0 Å². The molecule has 1 aliphatic rings. The second-order valence-electron chi connectivity index (χ2n) is 6.56. The summed E-state index contributed by atoms with van der Waals surface area (Å²) in [6.07, 6.45) is 2.85. The van der Waals surface area contributed by atoms with Crippen molar-refractivity contribution in [2.45, 2.75) is 0 Å². The van der Waals surface area contributed by atoms with E-state index in [0.717, 1.165) is 30.4 Å². The second kappa shape index (κ2) is 6.79. The first kappa shape index (κ1) is 17.7. The number of ether oxygens (including phenoxy) is 1. The number of nitrogens with one attached hydrogen (secondary N) is 1. The lowest BCUT2D eigenvalue weighted by molar-refractivity contribution is 0.122. The fourth-order valence-electron chi connectivity index (χ4n) is 3.26. The lowest BCUT2D eigenvalue weighted by atomic mass is 10.1. The average Bonchev–Trinajstić information content (AvgIpc) is 2.78. The van der Waals surface area contributed by atoms with Gasteiger partial charge in [0.15, 0.2) is 5.43 Å². The van der Waals surface area contributed by atoms with Crippen LogP contribution in [-0.4, -0.2) is 46.0 Å². The van der Waals surface area contributed by atoms with Gasteiger partial charge in [-0.15, -0.1) is 0 Å². The molecule has 27 heavy (non-hydrogen) atoms. The maximum absolute atomic E-state index is 13.2. The highest BCUT2D eigenvalue weighted by Gasteiger charge is 2.13. The number of fused-ring (bicyclic) bond motifs is 2. The minimum absolute atomic E-state index is 0.176. The topological polar surface area (TPSA) is 88.6 Å². The molecule has 0 aliphatic carbocycles. The number of morpholine rings is 1. The molecule has 0 atom stereocenters. The quantitative estimate of drug-likeness (QED) is 0.741. The molecule has 0 bridgehead atoms. The summed E-state index contributed by atoms with van der Waals surface area (Å²) in [7, 11) is -3.42. The van der Waals surface area contributed by atoms with E-state index in [9.17, 15) is 13.2 Å². The van der Waals surface area contributed by atoms with Gasteiger partial charge >= 0.3 is 0 Å². The predicted molar refractivity (Wildman–Crippen MR) is 107 cm³/mol. The molecule has 0 spiro atoms. The molecule has 1 aromatic heterocycles. The Hall–Kier alpha value is -2.71. The number of pyridine rings is 1. The van der Waals surface area contributed by atoms with E-state index in [-0.39, 0.29) is 5.43 Å². The molecule has 0 unspecified atom stereocenters. The first-order valence-corrected chi connectivity index (χ1v) is 10.5. The zero-order valence-corrected chi connectivity index (χ0v) is 15.6. The van der Waals surface area contributed by atoms with Crippen LogP contribution in [0.2, 0.25) is 0 Å². The van der Waals surface area contributed by atoms with Crippen LogP contribution in [0.25, 0.3) is 21.7 Å². The Morgan fingerprint density at radius 1 is 1.07 bits per heavy atom. The number of hydrogen-bond donors (Lipinski definition) is 1. The van der Waals surface area contributed by atoms with Crippen LogP contribution in [0.15, 0.2) is 47.4 Å². The van der Waals surface area contributed by atoms with E-state index in [4.69, 9.17) is 4.74 Å². The molecule has 2 aromatic carbocycles. The van der Waals surface area contributed by atoms with Crippen molar-refractivity contribution in [1.82, 2.24) is 4.98 Å². The molecule has 140 valence electrons. The van der Waals surface area contributed by atoms with Crippen molar-refractivity contribution < 1.29 is 13.2 Å². The van der Waals surface area contributed by atoms with Gasteiger partial charge in [0.05, 0.1) is 42.3 Å². The molecule has 1 fully saturated rings. The molecule has 1 saturated heterocycles. The molecule has 4 rings (SSSR count). The standard InChI is InChI=1S/C19H19N3O4S/c1-27(24,25)21-14-4-2-13-3-5-18-17(19(23)16(13)10-14)11-15(12-20-18)22-6-8-26-9-7-22/h2-5,10-12,21H,6-9H2,1H3. The molecule has 8 heteroatoms.